The van der Waals surface area contributed by atoms with Gasteiger partial charge in [-0.3, -0.25) is 4.79 Å². The molecule has 28 heavy (non-hydrogen) atoms. The Kier molecular flexibility index (Phi) is 4.99. The molecule has 2 aromatic rings. The van der Waals surface area contributed by atoms with Crippen LogP contribution in [0.15, 0.2) is 41.3 Å². The van der Waals surface area contributed by atoms with Crippen LogP contribution in [0.25, 0.3) is 0 Å². The molecule has 2 aliphatic heterocycles. The molecule has 0 aromatic heterocycles. The predicted molar refractivity (Wildman–Crippen MR) is 107 cm³/mol. The number of anilines is 1. The van der Waals surface area contributed by atoms with Gasteiger partial charge in [0.05, 0.1) is 23.8 Å². The fourth-order valence-electron chi connectivity index (χ4n) is 3.95. The summed E-state index contributed by atoms with van der Waals surface area (Å²) in [5, 5.41) is 0. The van der Waals surface area contributed by atoms with Crippen LogP contribution in [0.1, 0.15) is 27.0 Å². The van der Waals surface area contributed by atoms with Crippen LogP contribution in [-0.2, 0) is 21.2 Å². The Morgan fingerprint density at radius 1 is 1.00 bits per heavy atom. The molecule has 148 valence electrons. The van der Waals surface area contributed by atoms with Crippen molar-refractivity contribution in [3.8, 4) is 0 Å². The summed E-state index contributed by atoms with van der Waals surface area (Å²) >= 11 is 0. The molecule has 2 aliphatic rings. The highest BCUT2D eigenvalue weighted by Gasteiger charge is 2.31. The number of carbonyl (C=O) groups is 1. The molecule has 2 heterocycles. The average Bonchev–Trinajstić information content (AvgIpc) is 3.14. The van der Waals surface area contributed by atoms with Crippen LogP contribution in [0.2, 0.25) is 0 Å². The van der Waals surface area contributed by atoms with E-state index < -0.39 is 10.0 Å². The fourth-order valence-corrected chi connectivity index (χ4v) is 5.61. The zero-order chi connectivity index (χ0) is 19.9. The summed E-state index contributed by atoms with van der Waals surface area (Å²) in [4.78, 5) is 15.2. The number of para-hydroxylation sites is 1. The van der Waals surface area contributed by atoms with E-state index in [-0.39, 0.29) is 10.8 Å². The summed E-state index contributed by atoms with van der Waals surface area (Å²) in [6.45, 7) is 5.81. The zero-order valence-corrected chi connectivity index (χ0v) is 17.0. The smallest absolute Gasteiger partial charge is 0.258 e. The third kappa shape index (κ3) is 3.23. The lowest BCUT2D eigenvalue weighted by Crippen LogP contribution is -2.41. The van der Waals surface area contributed by atoms with Crippen molar-refractivity contribution in [3.05, 3.63) is 58.7 Å². The van der Waals surface area contributed by atoms with Crippen molar-refractivity contribution in [2.45, 2.75) is 25.2 Å². The Balaban J connectivity index is 1.69. The molecule has 0 unspecified atom stereocenters. The van der Waals surface area contributed by atoms with Gasteiger partial charge in [0.1, 0.15) is 0 Å². The highest BCUT2D eigenvalue weighted by Crippen LogP contribution is 2.33. The second-order valence-electron chi connectivity index (χ2n) is 7.29. The molecule has 0 saturated carbocycles. The van der Waals surface area contributed by atoms with Gasteiger partial charge in [0.15, 0.2) is 0 Å². The largest absolute Gasteiger partial charge is 0.379 e. The van der Waals surface area contributed by atoms with E-state index in [4.69, 9.17) is 4.74 Å². The van der Waals surface area contributed by atoms with E-state index in [2.05, 4.69) is 0 Å². The van der Waals surface area contributed by atoms with Crippen LogP contribution >= 0.6 is 0 Å². The number of ether oxygens (including phenoxy) is 1. The lowest BCUT2D eigenvalue weighted by atomic mass is 10.1. The second kappa shape index (κ2) is 7.31. The third-order valence-corrected chi connectivity index (χ3v) is 7.50. The van der Waals surface area contributed by atoms with Crippen LogP contribution in [0.5, 0.6) is 0 Å². The summed E-state index contributed by atoms with van der Waals surface area (Å²) in [7, 11) is -3.66. The van der Waals surface area contributed by atoms with E-state index in [1.54, 1.807) is 24.0 Å². The number of fused-ring (bicyclic) bond motifs is 1. The Morgan fingerprint density at radius 3 is 2.50 bits per heavy atom. The van der Waals surface area contributed by atoms with E-state index in [0.29, 0.717) is 44.0 Å². The van der Waals surface area contributed by atoms with Crippen molar-refractivity contribution < 1.29 is 17.9 Å². The predicted octanol–water partition coefficient (Wildman–Crippen LogP) is 2.53. The molecule has 0 atom stereocenters. The topological polar surface area (TPSA) is 66.9 Å². The average molecular weight is 401 g/mol. The minimum atomic E-state index is -3.66. The van der Waals surface area contributed by atoms with Gasteiger partial charge in [0.25, 0.3) is 5.91 Å². The fraction of sp³-hybridized carbons (Fsp3) is 0.381. The van der Waals surface area contributed by atoms with E-state index in [1.807, 2.05) is 25.1 Å². The number of hydrogen-bond donors (Lipinski definition) is 0. The van der Waals surface area contributed by atoms with Crippen LogP contribution in [0.3, 0.4) is 0 Å². The highest BCUT2D eigenvalue weighted by atomic mass is 32.2. The molecular formula is C21H24N2O4S. The first-order valence-electron chi connectivity index (χ1n) is 9.48. The van der Waals surface area contributed by atoms with Gasteiger partial charge < -0.3 is 9.64 Å². The van der Waals surface area contributed by atoms with Gasteiger partial charge in [0.2, 0.25) is 10.0 Å². The van der Waals surface area contributed by atoms with Gasteiger partial charge in [-0.2, -0.15) is 4.31 Å². The normalized spacial score (nSPS) is 17.6. The quantitative estimate of drug-likeness (QED) is 0.794. The van der Waals surface area contributed by atoms with Crippen LogP contribution < -0.4 is 4.90 Å². The minimum absolute atomic E-state index is 0.161. The van der Waals surface area contributed by atoms with Crippen LogP contribution in [-0.4, -0.2) is 51.5 Å². The van der Waals surface area contributed by atoms with Gasteiger partial charge in [-0.1, -0.05) is 24.3 Å². The maximum absolute atomic E-state index is 13.2. The van der Waals surface area contributed by atoms with Crippen molar-refractivity contribution in [1.29, 1.82) is 0 Å². The molecule has 4 rings (SSSR count). The molecule has 1 fully saturated rings. The molecule has 0 bridgehead atoms. The van der Waals surface area contributed by atoms with Gasteiger partial charge in [-0.05, 0) is 49.1 Å². The molecule has 0 N–H and O–H groups in total. The Hall–Kier alpha value is -2.22. The number of nitrogens with zero attached hydrogens (tertiary/aromatic N) is 2. The van der Waals surface area contributed by atoms with Crippen molar-refractivity contribution in [1.82, 2.24) is 4.31 Å². The van der Waals surface area contributed by atoms with Gasteiger partial charge in [-0.25, -0.2) is 8.42 Å². The number of benzene rings is 2. The Labute approximate surface area is 165 Å². The Morgan fingerprint density at radius 2 is 1.75 bits per heavy atom. The summed E-state index contributed by atoms with van der Waals surface area (Å²) in [6, 6.07) is 11.0. The molecule has 1 saturated heterocycles. The number of morpholine rings is 1. The molecule has 0 radical (unpaired) electrons. The SMILES string of the molecule is Cc1ccc(C(=O)N2CCc3cccc(C)c32)cc1S(=O)(=O)N1CCOCC1. The standard InChI is InChI=1S/C21H24N2O4S/c1-15-6-7-18(14-19(15)28(25,26)22-10-12-27-13-11-22)21(24)23-9-8-17-5-3-4-16(2)20(17)23/h3-7,14H,8-13H2,1-2H3. The minimum Gasteiger partial charge on any atom is -0.379 e. The van der Waals surface area contributed by atoms with Crippen molar-refractivity contribution in [2.24, 2.45) is 0 Å². The summed E-state index contributed by atoms with van der Waals surface area (Å²) < 4.78 is 32.9. The van der Waals surface area contributed by atoms with E-state index >= 15 is 0 Å². The molecule has 2 aromatic carbocycles. The molecule has 1 amide bonds. The zero-order valence-electron chi connectivity index (χ0n) is 16.1. The first-order chi connectivity index (χ1) is 13.4. The summed E-state index contributed by atoms with van der Waals surface area (Å²) in [5.74, 6) is -0.161. The number of sulfonamides is 1. The first kappa shape index (κ1) is 19.1. The first-order valence-corrected chi connectivity index (χ1v) is 10.9. The van der Waals surface area contributed by atoms with Gasteiger partial charge in [-0.15, -0.1) is 0 Å². The van der Waals surface area contributed by atoms with Crippen molar-refractivity contribution in [3.63, 3.8) is 0 Å². The number of amides is 1. The molecule has 7 heteroatoms. The Bertz CT molecular complexity index is 1030. The molecular weight excluding hydrogens is 376 g/mol. The number of carbonyl (C=O) groups excluding carboxylic acids is 1. The van der Waals surface area contributed by atoms with Crippen LogP contribution in [0.4, 0.5) is 5.69 Å². The second-order valence-corrected chi connectivity index (χ2v) is 9.19. The summed E-state index contributed by atoms with van der Waals surface area (Å²) in [6.07, 6.45) is 0.813. The van der Waals surface area contributed by atoms with Crippen molar-refractivity contribution in [2.75, 3.05) is 37.7 Å². The molecule has 0 spiro atoms. The lowest BCUT2D eigenvalue weighted by molar-refractivity contribution is 0.0730. The highest BCUT2D eigenvalue weighted by molar-refractivity contribution is 7.89. The molecule has 6 nitrogen and oxygen atoms in total. The van der Waals surface area contributed by atoms with Gasteiger partial charge in [0, 0.05) is 25.2 Å². The third-order valence-electron chi connectivity index (χ3n) is 5.46. The van der Waals surface area contributed by atoms with E-state index in [1.165, 1.54) is 10.4 Å². The lowest BCUT2D eigenvalue weighted by Gasteiger charge is -2.27. The van der Waals surface area contributed by atoms with E-state index in [0.717, 1.165) is 23.2 Å². The monoisotopic (exact) mass is 400 g/mol. The summed E-state index contributed by atoms with van der Waals surface area (Å²) in [5.41, 5.74) is 4.19. The maximum atomic E-state index is 13.2. The van der Waals surface area contributed by atoms with Crippen LogP contribution in [0, 0.1) is 13.8 Å². The van der Waals surface area contributed by atoms with Crippen molar-refractivity contribution >= 4 is 21.6 Å². The number of hydrogen-bond acceptors (Lipinski definition) is 4. The number of aryl methyl sites for hydroxylation is 2. The number of rotatable bonds is 3. The molecule has 0 aliphatic carbocycles. The van der Waals surface area contributed by atoms with Gasteiger partial charge >= 0.3 is 0 Å². The maximum Gasteiger partial charge on any atom is 0.258 e. The van der Waals surface area contributed by atoms with E-state index in [9.17, 15) is 13.2 Å².